The smallest absolute Gasteiger partial charge is 0.323 e. The van der Waals surface area contributed by atoms with E-state index in [1.165, 1.54) is 24.3 Å². The molecule has 6 aromatic carbocycles. The van der Waals surface area contributed by atoms with Crippen molar-refractivity contribution in [1.29, 1.82) is 0 Å². The van der Waals surface area contributed by atoms with Crippen LogP contribution in [-0.2, 0) is 40.5 Å². The topological polar surface area (TPSA) is 401 Å². The molecule has 6 aromatic rings. The van der Waals surface area contributed by atoms with E-state index in [4.69, 9.17) is 11.5 Å². The van der Waals surface area contributed by atoms with Gasteiger partial charge in [-0.1, -0.05) is 12.1 Å². The SMILES string of the molecule is Nc1ccc2cc(S(=O)(=O)O)cc(O)c2c1N=Nc1ccc(NC(=O)Nc2ccc(N=Nc3c(N)ccc4cc(S(=O)(=O)O)cc(O)c34)c(S(=O)(=O)O)c2)cc1S(=O)(=O)O.[Na].[Na].[Na].[Na]. The number of nitrogens with one attached hydrogen (secondary N) is 2. The monoisotopic (exact) mass is 994 g/mol. The first-order chi connectivity index (χ1) is 27.8. The van der Waals surface area contributed by atoms with Crippen molar-refractivity contribution in [3.63, 3.8) is 0 Å². The summed E-state index contributed by atoms with van der Waals surface area (Å²) in [6.07, 6.45) is 0. The second kappa shape index (κ2) is 21.8. The number of anilines is 4. The van der Waals surface area contributed by atoms with Gasteiger partial charge >= 0.3 is 6.03 Å². The Labute approximate surface area is 451 Å². The molecule has 0 spiro atoms. The number of phenols is 2. The van der Waals surface area contributed by atoms with E-state index in [-0.39, 0.29) is 174 Å². The summed E-state index contributed by atoms with van der Waals surface area (Å²) in [5, 5.41) is 40.9. The van der Waals surface area contributed by atoms with Crippen LogP contribution >= 0.6 is 0 Å². The summed E-state index contributed by atoms with van der Waals surface area (Å²) in [6, 6.07) is 13.3. The summed E-state index contributed by atoms with van der Waals surface area (Å²) in [4.78, 5) is 9.88. The van der Waals surface area contributed by atoms with Gasteiger partial charge in [-0.3, -0.25) is 18.2 Å². The van der Waals surface area contributed by atoms with E-state index < -0.39 is 89.0 Å². The van der Waals surface area contributed by atoms with Crippen molar-refractivity contribution < 1.29 is 66.9 Å². The number of aromatic hydroxyl groups is 2. The summed E-state index contributed by atoms with van der Waals surface area (Å²) in [5.41, 5.74) is 9.74. The number of hydrogen-bond donors (Lipinski definition) is 10. The van der Waals surface area contributed by atoms with Gasteiger partial charge in [0.1, 0.15) is 44.0 Å². The standard InChI is InChI=1S/C33H26N8O15S4.4Na/c34-21-5-1-15-9-19(57(45,46)47)13-25(42)29(15)31(21)40-38-23-7-3-17(11-27(23)59(51,52)53)36-33(44)37-18-4-8-24(28(12-18)60(54,55)56)39-41-32-22(35)6-2-16-10-20(58(48,49)50)14-26(43)30(16)32;;;;/h1-14,42-43H,34-35H2,(H2,36,37,44)(H,45,46,47)(H,48,49,50)(H,51,52,53)(H,54,55,56);;;;. The van der Waals surface area contributed by atoms with E-state index in [2.05, 4.69) is 31.1 Å². The fourth-order valence-electron chi connectivity index (χ4n) is 5.61. The van der Waals surface area contributed by atoms with Gasteiger partial charge in [-0.2, -0.15) is 33.7 Å². The summed E-state index contributed by atoms with van der Waals surface area (Å²) < 4.78 is 135. The molecule has 0 heterocycles. The summed E-state index contributed by atoms with van der Waals surface area (Å²) in [7, 11) is -19.6. The molecule has 0 aliphatic rings. The van der Waals surface area contributed by atoms with Crippen LogP contribution in [0.25, 0.3) is 21.5 Å². The number of nitrogens with zero attached hydrogens (tertiary/aromatic N) is 4. The Kier molecular flexibility index (Phi) is 19.6. The minimum atomic E-state index is -5.09. The van der Waals surface area contributed by atoms with Crippen molar-refractivity contribution >= 4 is 232 Å². The van der Waals surface area contributed by atoms with Crippen LogP contribution in [-0.4, -0.2) is 186 Å². The van der Waals surface area contributed by atoms with Crippen LogP contribution < -0.4 is 22.1 Å². The number of nitrogen functional groups attached to an aromatic ring is 2. The van der Waals surface area contributed by atoms with Crippen molar-refractivity contribution in [1.82, 2.24) is 0 Å². The Morgan fingerprint density at radius 1 is 0.469 bits per heavy atom. The summed E-state index contributed by atoms with van der Waals surface area (Å²) in [5.74, 6) is -1.36. The zero-order valence-electron chi connectivity index (χ0n) is 33.5. The van der Waals surface area contributed by atoms with E-state index >= 15 is 0 Å². The third-order valence-corrected chi connectivity index (χ3v) is 11.7. The van der Waals surface area contributed by atoms with Gasteiger partial charge < -0.3 is 32.3 Å². The number of fused-ring (bicyclic) bond motifs is 2. The molecule has 64 heavy (non-hydrogen) atoms. The molecule has 316 valence electrons. The van der Waals surface area contributed by atoms with Crippen molar-refractivity contribution in [2.75, 3.05) is 22.1 Å². The van der Waals surface area contributed by atoms with Gasteiger partial charge in [0.05, 0.1) is 31.9 Å². The Morgan fingerprint density at radius 3 is 1.12 bits per heavy atom. The minimum Gasteiger partial charge on any atom is -0.507 e. The Balaban J connectivity index is 0.00000352. The molecule has 6 rings (SSSR count). The molecule has 0 saturated heterocycles. The Morgan fingerprint density at radius 2 is 0.812 bits per heavy atom. The van der Waals surface area contributed by atoms with Crippen LogP contribution in [0.4, 0.5) is 50.3 Å². The van der Waals surface area contributed by atoms with Gasteiger partial charge in [0.2, 0.25) is 0 Å². The number of benzene rings is 6. The predicted molar refractivity (Wildman–Crippen MR) is 236 cm³/mol. The Hall–Kier alpha value is -2.85. The van der Waals surface area contributed by atoms with Gasteiger partial charge in [0.15, 0.2) is 0 Å². The molecule has 0 fully saturated rings. The Bertz CT molecular complexity index is 3140. The molecule has 4 radical (unpaired) electrons. The molecule has 0 aliphatic carbocycles. The van der Waals surface area contributed by atoms with Crippen LogP contribution in [0.5, 0.6) is 11.5 Å². The number of amides is 2. The molecule has 0 atom stereocenters. The number of urea groups is 1. The van der Waals surface area contributed by atoms with Crippen LogP contribution in [0, 0.1) is 0 Å². The molecular formula is C33H26N8Na4O15S4. The maximum absolute atomic E-state index is 12.9. The molecular weight excluding hydrogens is 969 g/mol. The number of azo groups is 2. The quantitative estimate of drug-likeness (QED) is 0.0390. The number of carbonyl (C=O) groups is 1. The van der Waals surface area contributed by atoms with Crippen molar-refractivity contribution in [3.8, 4) is 11.5 Å². The van der Waals surface area contributed by atoms with Crippen molar-refractivity contribution in [2.24, 2.45) is 20.5 Å². The first-order valence-corrected chi connectivity index (χ1v) is 21.8. The van der Waals surface area contributed by atoms with E-state index in [9.17, 15) is 66.9 Å². The van der Waals surface area contributed by atoms with E-state index in [0.717, 1.165) is 60.7 Å². The number of rotatable bonds is 10. The third kappa shape index (κ3) is 13.2. The molecule has 0 saturated carbocycles. The van der Waals surface area contributed by atoms with Gasteiger partial charge in [-0.25, -0.2) is 4.79 Å². The fraction of sp³-hybridized carbons (Fsp3) is 0. The maximum Gasteiger partial charge on any atom is 0.323 e. The van der Waals surface area contributed by atoms with Gasteiger partial charge in [0, 0.05) is 142 Å². The molecule has 0 bridgehead atoms. The summed E-state index contributed by atoms with van der Waals surface area (Å²) >= 11 is 0. The summed E-state index contributed by atoms with van der Waals surface area (Å²) in [6.45, 7) is 0. The van der Waals surface area contributed by atoms with Crippen LogP contribution in [0.15, 0.2) is 125 Å². The van der Waals surface area contributed by atoms with Crippen molar-refractivity contribution in [3.05, 3.63) is 84.9 Å². The van der Waals surface area contributed by atoms with Gasteiger partial charge in [-0.05, 0) is 71.4 Å². The van der Waals surface area contributed by atoms with E-state index in [1.807, 2.05) is 0 Å². The molecule has 2 amide bonds. The van der Waals surface area contributed by atoms with E-state index in [0.29, 0.717) is 0 Å². The molecule has 0 aliphatic heterocycles. The molecule has 31 heteroatoms. The number of phenolic OH excluding ortho intramolecular Hbond substituents is 2. The third-order valence-electron chi connectivity index (χ3n) is 8.25. The molecule has 0 aromatic heterocycles. The predicted octanol–water partition coefficient (Wildman–Crippen LogP) is 4.51. The second-order valence-corrected chi connectivity index (χ2v) is 18.0. The first-order valence-electron chi connectivity index (χ1n) is 16.0. The second-order valence-electron chi connectivity index (χ2n) is 12.3. The maximum atomic E-state index is 12.9. The molecule has 12 N–H and O–H groups in total. The zero-order chi connectivity index (χ0) is 44.1. The number of carbonyl (C=O) groups excluding carboxylic acids is 1. The number of nitrogens with two attached hydrogens (primary N) is 2. The molecule has 23 nitrogen and oxygen atoms in total. The van der Waals surface area contributed by atoms with Crippen LogP contribution in [0.3, 0.4) is 0 Å². The normalized spacial score (nSPS) is 11.9. The zero-order valence-corrected chi connectivity index (χ0v) is 44.8. The first kappa shape index (κ1) is 57.3. The largest absolute Gasteiger partial charge is 0.507 e. The number of hydrogen-bond acceptors (Lipinski definition) is 17. The van der Waals surface area contributed by atoms with Crippen molar-refractivity contribution in [2.45, 2.75) is 19.6 Å². The van der Waals surface area contributed by atoms with Crippen LogP contribution in [0.1, 0.15) is 0 Å². The minimum absolute atomic E-state index is 0. The van der Waals surface area contributed by atoms with E-state index in [1.54, 1.807) is 0 Å². The average molecular weight is 995 g/mol. The molecule has 0 unspecified atom stereocenters. The van der Waals surface area contributed by atoms with Crippen LogP contribution in [0.2, 0.25) is 0 Å². The van der Waals surface area contributed by atoms with Gasteiger partial charge in [-0.15, -0.1) is 20.5 Å². The average Bonchev–Trinajstić information content (AvgIpc) is 3.13. The fourth-order valence-corrected chi connectivity index (χ4v) is 7.98. The van der Waals surface area contributed by atoms with Gasteiger partial charge in [0.25, 0.3) is 40.5 Å².